The Kier molecular flexibility index (Phi) is 5.09. The molecule has 2 unspecified atom stereocenters. The van der Waals surface area contributed by atoms with Gasteiger partial charge in [-0.3, -0.25) is 0 Å². The molecule has 2 aromatic carbocycles. The Labute approximate surface area is 195 Å². The molecule has 5 heteroatoms. The van der Waals surface area contributed by atoms with Crippen LogP contribution >= 0.6 is 47.8 Å². The van der Waals surface area contributed by atoms with Gasteiger partial charge in [-0.2, -0.15) is 0 Å². The van der Waals surface area contributed by atoms with Gasteiger partial charge in [-0.25, -0.2) is 0 Å². The smallest absolute Gasteiger partial charge is 0.0468 e. The zero-order chi connectivity index (χ0) is 20.1. The molecule has 0 bridgehead atoms. The minimum Gasteiger partial charge on any atom is -0.361 e. The van der Waals surface area contributed by atoms with Crippen molar-refractivity contribution in [2.75, 3.05) is 0 Å². The predicted molar refractivity (Wildman–Crippen MR) is 132 cm³/mol. The summed E-state index contributed by atoms with van der Waals surface area (Å²) in [6.45, 7) is 2.31. The first kappa shape index (κ1) is 19.4. The van der Waals surface area contributed by atoms with Crippen molar-refractivity contribution in [3.8, 4) is 0 Å². The summed E-state index contributed by atoms with van der Waals surface area (Å²) < 4.78 is 3.43. The van der Waals surface area contributed by atoms with Crippen LogP contribution in [0.25, 0.3) is 17.0 Å². The van der Waals surface area contributed by atoms with E-state index in [1.165, 1.54) is 37.8 Å². The number of hydrogen-bond donors (Lipinski definition) is 2. The van der Waals surface area contributed by atoms with Gasteiger partial charge >= 0.3 is 0 Å². The second-order valence-electron chi connectivity index (χ2n) is 7.69. The molecule has 1 aliphatic carbocycles. The number of aromatic amines is 2. The molecule has 2 N–H and O–H groups in total. The van der Waals surface area contributed by atoms with Gasteiger partial charge in [-0.15, -0.1) is 0 Å². The summed E-state index contributed by atoms with van der Waals surface area (Å²) in [5.41, 5.74) is 7.72. The third-order valence-electron chi connectivity index (χ3n) is 5.76. The Morgan fingerprint density at radius 3 is 2.55 bits per heavy atom. The number of benzene rings is 2. The van der Waals surface area contributed by atoms with Gasteiger partial charge in [0.15, 0.2) is 0 Å². The van der Waals surface area contributed by atoms with Crippen LogP contribution in [-0.2, 0) is 0 Å². The molecular weight excluding hydrogens is 556 g/mol. The lowest BCUT2D eigenvalue weighted by molar-refractivity contribution is 0.751. The van der Waals surface area contributed by atoms with E-state index < -0.39 is 0 Å². The van der Waals surface area contributed by atoms with Crippen molar-refractivity contribution < 1.29 is 0 Å². The largest absolute Gasteiger partial charge is 0.361 e. The molecule has 5 rings (SSSR count). The highest BCUT2D eigenvalue weighted by molar-refractivity contribution is 9.11. The highest BCUT2D eigenvalue weighted by Crippen LogP contribution is 2.45. The first-order chi connectivity index (χ1) is 14.0. The van der Waals surface area contributed by atoms with Gasteiger partial charge in [0.25, 0.3) is 0 Å². The fraction of sp³-hybridized carbons (Fsp3) is 0.167. The third kappa shape index (κ3) is 3.47. The summed E-state index contributed by atoms with van der Waals surface area (Å²) in [4.78, 5) is 7.02. The van der Waals surface area contributed by atoms with Crippen molar-refractivity contribution in [2.45, 2.75) is 25.2 Å². The van der Waals surface area contributed by atoms with Crippen LogP contribution in [0.3, 0.4) is 0 Å². The van der Waals surface area contributed by atoms with Crippen LogP contribution in [0.1, 0.15) is 53.1 Å². The molecule has 0 saturated carbocycles. The van der Waals surface area contributed by atoms with E-state index in [0.717, 1.165) is 20.9 Å². The van der Waals surface area contributed by atoms with E-state index in [1.54, 1.807) is 0 Å². The number of hydrogen-bond acceptors (Lipinski definition) is 0. The molecule has 2 atom stereocenters. The Balaban J connectivity index is 1.77. The number of fused-ring (bicyclic) bond motifs is 2. The zero-order valence-corrected chi connectivity index (χ0v) is 20.5. The SMILES string of the molecule is CC1CC(Br)=Cc2[nH]cc(C(c3cccc(Br)c3)c3c[nH]c4cc(Br)ccc34)c21. The highest BCUT2D eigenvalue weighted by Gasteiger charge is 2.29. The van der Waals surface area contributed by atoms with Crippen molar-refractivity contribution >= 4 is 64.8 Å². The Morgan fingerprint density at radius 2 is 1.72 bits per heavy atom. The molecule has 4 aromatic rings. The van der Waals surface area contributed by atoms with Crippen molar-refractivity contribution in [3.05, 3.63) is 96.2 Å². The van der Waals surface area contributed by atoms with E-state index in [-0.39, 0.29) is 5.92 Å². The van der Waals surface area contributed by atoms with Gasteiger partial charge in [0.2, 0.25) is 0 Å². The van der Waals surface area contributed by atoms with E-state index in [9.17, 15) is 0 Å². The molecule has 0 fully saturated rings. The van der Waals surface area contributed by atoms with E-state index in [2.05, 4.69) is 126 Å². The number of H-pyrrole nitrogens is 2. The maximum Gasteiger partial charge on any atom is 0.0468 e. The second kappa shape index (κ2) is 7.60. The maximum atomic E-state index is 3.70. The molecular formula is C24H19Br3N2. The predicted octanol–water partition coefficient (Wildman–Crippen LogP) is 8.44. The molecule has 0 saturated heterocycles. The molecule has 2 nitrogen and oxygen atoms in total. The molecule has 29 heavy (non-hydrogen) atoms. The third-order valence-corrected chi connectivity index (χ3v) is 7.30. The summed E-state index contributed by atoms with van der Waals surface area (Å²) in [5, 5.41) is 1.26. The average molecular weight is 575 g/mol. The molecule has 2 aromatic heterocycles. The summed E-state index contributed by atoms with van der Waals surface area (Å²) in [5.74, 6) is 0.606. The number of allylic oxidation sites excluding steroid dienone is 1. The van der Waals surface area contributed by atoms with E-state index >= 15 is 0 Å². The van der Waals surface area contributed by atoms with Crippen LogP contribution in [0.2, 0.25) is 0 Å². The van der Waals surface area contributed by atoms with Gasteiger partial charge in [0, 0.05) is 43.9 Å². The van der Waals surface area contributed by atoms with Crippen molar-refractivity contribution in [1.29, 1.82) is 0 Å². The minimum absolute atomic E-state index is 0.148. The van der Waals surface area contributed by atoms with Gasteiger partial charge < -0.3 is 9.97 Å². The lowest BCUT2D eigenvalue weighted by Crippen LogP contribution is -2.09. The lowest BCUT2D eigenvalue weighted by Gasteiger charge is -2.24. The van der Waals surface area contributed by atoms with Gasteiger partial charge in [0.05, 0.1) is 0 Å². The van der Waals surface area contributed by atoms with Crippen LogP contribution in [0.5, 0.6) is 0 Å². The summed E-state index contributed by atoms with van der Waals surface area (Å²) >= 11 is 11.0. The molecule has 0 amide bonds. The van der Waals surface area contributed by atoms with Crippen molar-refractivity contribution in [2.24, 2.45) is 0 Å². The number of aromatic nitrogens is 2. The number of nitrogens with one attached hydrogen (secondary N) is 2. The molecule has 2 heterocycles. The van der Waals surface area contributed by atoms with Gasteiger partial charge in [-0.05, 0) is 69.4 Å². The Hall–Kier alpha value is -1.56. The summed E-state index contributed by atoms with van der Waals surface area (Å²) in [6.07, 6.45) is 7.63. The molecule has 1 aliphatic rings. The fourth-order valence-corrected chi connectivity index (χ4v) is 6.05. The normalized spacial score (nSPS) is 17.2. The van der Waals surface area contributed by atoms with E-state index in [1.807, 2.05) is 0 Å². The monoisotopic (exact) mass is 572 g/mol. The van der Waals surface area contributed by atoms with E-state index in [0.29, 0.717) is 5.92 Å². The average Bonchev–Trinajstić information content (AvgIpc) is 3.27. The van der Waals surface area contributed by atoms with Crippen LogP contribution in [0, 0.1) is 0 Å². The fourth-order valence-electron chi connectivity index (χ4n) is 4.56. The summed E-state index contributed by atoms with van der Waals surface area (Å²) in [7, 11) is 0. The standard InChI is InChI=1S/C24H19Br3N2/c1-13-7-17(27)10-22-23(13)20(12-29-22)24(14-3-2-4-15(25)8-14)19-11-28-21-9-16(26)5-6-18(19)21/h2-6,8-13,24,28-29H,7H2,1H3. The van der Waals surface area contributed by atoms with Crippen molar-refractivity contribution in [3.63, 3.8) is 0 Å². The quantitative estimate of drug-likeness (QED) is 0.246. The molecule has 0 radical (unpaired) electrons. The first-order valence-electron chi connectivity index (χ1n) is 9.60. The minimum atomic E-state index is 0.148. The second-order valence-corrected chi connectivity index (χ2v) is 10.5. The van der Waals surface area contributed by atoms with E-state index in [4.69, 9.17) is 0 Å². The molecule has 0 spiro atoms. The Morgan fingerprint density at radius 1 is 0.931 bits per heavy atom. The Bertz CT molecular complexity index is 1250. The number of halogens is 3. The maximum absolute atomic E-state index is 3.70. The van der Waals surface area contributed by atoms with Crippen molar-refractivity contribution in [1.82, 2.24) is 9.97 Å². The van der Waals surface area contributed by atoms with Gasteiger partial charge in [0.1, 0.15) is 0 Å². The van der Waals surface area contributed by atoms with Crippen LogP contribution in [0.4, 0.5) is 0 Å². The zero-order valence-electron chi connectivity index (χ0n) is 15.8. The van der Waals surface area contributed by atoms with Crippen LogP contribution < -0.4 is 0 Å². The van der Waals surface area contributed by atoms with Crippen LogP contribution in [-0.4, -0.2) is 9.97 Å². The first-order valence-corrected chi connectivity index (χ1v) is 12.0. The van der Waals surface area contributed by atoms with Crippen LogP contribution in [0.15, 0.2) is 68.3 Å². The topological polar surface area (TPSA) is 31.6 Å². The molecule has 0 aliphatic heterocycles. The van der Waals surface area contributed by atoms with Gasteiger partial charge in [-0.1, -0.05) is 72.9 Å². The number of rotatable bonds is 3. The molecule has 146 valence electrons. The summed E-state index contributed by atoms with van der Waals surface area (Å²) in [6, 6.07) is 15.1. The highest BCUT2D eigenvalue weighted by atomic mass is 79.9. The lowest BCUT2D eigenvalue weighted by atomic mass is 9.80.